The van der Waals surface area contributed by atoms with Crippen molar-refractivity contribution in [2.75, 3.05) is 20.6 Å². The van der Waals surface area contributed by atoms with E-state index in [0.29, 0.717) is 12.0 Å². The molecule has 7 nitrogen and oxygen atoms in total. The lowest BCUT2D eigenvalue weighted by Gasteiger charge is -2.34. The molecule has 0 aliphatic rings. The molecule has 3 N–H and O–H groups in total. The highest BCUT2D eigenvalue weighted by Gasteiger charge is 2.36. The molecular formula is C33H39F3N4O3. The summed E-state index contributed by atoms with van der Waals surface area (Å²) < 4.78 is 38.9. The summed E-state index contributed by atoms with van der Waals surface area (Å²) in [5.74, 6) is -1.97. The molecule has 3 aromatic carbocycles. The summed E-state index contributed by atoms with van der Waals surface area (Å²) in [7, 11) is 2.87. The molecule has 43 heavy (non-hydrogen) atoms. The number of nitrogens with one attached hydrogen (secondary N) is 1. The van der Waals surface area contributed by atoms with Gasteiger partial charge in [0.1, 0.15) is 18.6 Å². The summed E-state index contributed by atoms with van der Waals surface area (Å²) in [5, 5.41) is 3.88. The maximum atomic E-state index is 14.1. The number of likely N-dealkylation sites (N-methyl/N-ethyl adjacent to an activating group) is 2. The molecule has 0 aliphatic carbocycles. The van der Waals surface area contributed by atoms with Gasteiger partial charge in [-0.15, -0.1) is 0 Å². The van der Waals surface area contributed by atoms with Crippen molar-refractivity contribution in [1.29, 1.82) is 0 Å². The van der Waals surface area contributed by atoms with E-state index in [4.69, 9.17) is 5.73 Å². The van der Waals surface area contributed by atoms with Crippen LogP contribution in [0.2, 0.25) is 0 Å². The van der Waals surface area contributed by atoms with Crippen LogP contribution in [0.4, 0.5) is 13.2 Å². The summed E-state index contributed by atoms with van der Waals surface area (Å²) >= 11 is 0. The second-order valence-corrected chi connectivity index (χ2v) is 11.4. The molecule has 2 atom stereocenters. The first kappa shape index (κ1) is 33.3. The number of amides is 3. The summed E-state index contributed by atoms with van der Waals surface area (Å²) in [6, 6.07) is 19.8. The second kappa shape index (κ2) is 14.3. The zero-order chi connectivity index (χ0) is 31.8. The topological polar surface area (TPSA) is 95.7 Å². The first-order valence-corrected chi connectivity index (χ1v) is 14.0. The van der Waals surface area contributed by atoms with Gasteiger partial charge in [-0.1, -0.05) is 78.9 Å². The van der Waals surface area contributed by atoms with Crippen molar-refractivity contribution < 1.29 is 27.6 Å². The molecule has 10 heteroatoms. The van der Waals surface area contributed by atoms with Gasteiger partial charge in [0.25, 0.3) is 0 Å². The fourth-order valence-corrected chi connectivity index (χ4v) is 4.65. The normalized spacial score (nSPS) is 13.5. The number of fused-ring (bicyclic) bond motifs is 1. The Hall–Kier alpha value is -4.18. The lowest BCUT2D eigenvalue weighted by Crippen LogP contribution is -2.56. The number of rotatable bonds is 12. The van der Waals surface area contributed by atoms with Crippen LogP contribution in [0.15, 0.2) is 84.9 Å². The average molecular weight is 597 g/mol. The van der Waals surface area contributed by atoms with Gasteiger partial charge in [-0.2, -0.15) is 13.2 Å². The molecular weight excluding hydrogens is 557 g/mol. The number of halogens is 3. The number of nitrogens with zero attached hydrogens (tertiary/aromatic N) is 2. The molecule has 0 saturated carbocycles. The first-order chi connectivity index (χ1) is 20.1. The fraction of sp³-hybridized carbons (Fsp3) is 0.364. The van der Waals surface area contributed by atoms with E-state index in [-0.39, 0.29) is 12.8 Å². The van der Waals surface area contributed by atoms with Crippen LogP contribution >= 0.6 is 0 Å². The van der Waals surface area contributed by atoms with E-state index >= 15 is 0 Å². The first-order valence-electron chi connectivity index (χ1n) is 14.0. The Balaban J connectivity index is 1.96. The van der Waals surface area contributed by atoms with Crippen molar-refractivity contribution in [3.8, 4) is 0 Å². The number of carbonyl (C=O) groups is 3. The maximum absolute atomic E-state index is 14.1. The minimum absolute atomic E-state index is 0.0153. The van der Waals surface area contributed by atoms with Crippen LogP contribution < -0.4 is 11.1 Å². The molecule has 0 aliphatic heterocycles. The Morgan fingerprint density at radius 2 is 1.44 bits per heavy atom. The zero-order valence-electron chi connectivity index (χ0n) is 24.9. The SMILES string of the molecule is CN(C(=O)/C=C/CC(C)(C)N)[C@H](Cc1ccc2ccccc2c1)C(=O)N(C)[C@H](Cc1ccccc1)C(=O)NCC(F)(F)F. The number of alkyl halides is 3. The Bertz CT molecular complexity index is 1430. The van der Waals surface area contributed by atoms with Gasteiger partial charge >= 0.3 is 6.18 Å². The third-order valence-electron chi connectivity index (χ3n) is 7.10. The van der Waals surface area contributed by atoms with Crippen molar-refractivity contribution >= 4 is 28.5 Å². The number of nitrogens with two attached hydrogens (primary N) is 1. The quantitative estimate of drug-likeness (QED) is 0.298. The summed E-state index contributed by atoms with van der Waals surface area (Å²) in [5.41, 5.74) is 6.93. The molecule has 0 fully saturated rings. The van der Waals surface area contributed by atoms with E-state index < -0.39 is 48.1 Å². The van der Waals surface area contributed by atoms with E-state index in [0.717, 1.165) is 21.2 Å². The van der Waals surface area contributed by atoms with Gasteiger partial charge in [-0.25, -0.2) is 0 Å². The van der Waals surface area contributed by atoms with Crippen LogP contribution in [0.3, 0.4) is 0 Å². The fourth-order valence-electron chi connectivity index (χ4n) is 4.65. The van der Waals surface area contributed by atoms with Gasteiger partial charge in [0, 0.05) is 32.5 Å². The van der Waals surface area contributed by atoms with Crippen molar-refractivity contribution in [3.63, 3.8) is 0 Å². The second-order valence-electron chi connectivity index (χ2n) is 11.4. The number of carbonyl (C=O) groups excluding carboxylic acids is 3. The van der Waals surface area contributed by atoms with Crippen LogP contribution in [0.25, 0.3) is 10.8 Å². The molecule has 3 amide bonds. The largest absolute Gasteiger partial charge is 0.405 e. The summed E-state index contributed by atoms with van der Waals surface area (Å²) in [6.45, 7) is 2.12. The van der Waals surface area contributed by atoms with E-state index in [1.165, 1.54) is 25.1 Å². The van der Waals surface area contributed by atoms with Gasteiger partial charge in [0.2, 0.25) is 17.7 Å². The van der Waals surface area contributed by atoms with E-state index in [1.54, 1.807) is 36.4 Å². The molecule has 0 heterocycles. The Morgan fingerprint density at radius 3 is 2.07 bits per heavy atom. The van der Waals surface area contributed by atoms with E-state index in [2.05, 4.69) is 0 Å². The monoisotopic (exact) mass is 596 g/mol. The van der Waals surface area contributed by atoms with Crippen molar-refractivity contribution in [2.24, 2.45) is 5.73 Å². The van der Waals surface area contributed by atoms with Gasteiger partial charge < -0.3 is 20.9 Å². The van der Waals surface area contributed by atoms with Crippen molar-refractivity contribution in [1.82, 2.24) is 15.1 Å². The number of hydrogen-bond donors (Lipinski definition) is 2. The number of hydrogen-bond acceptors (Lipinski definition) is 4. The van der Waals surface area contributed by atoms with Crippen molar-refractivity contribution in [2.45, 2.75) is 56.9 Å². The lowest BCUT2D eigenvalue weighted by atomic mass is 9.98. The molecule has 0 radical (unpaired) electrons. The van der Waals surface area contributed by atoms with Gasteiger partial charge in [0.05, 0.1) is 0 Å². The summed E-state index contributed by atoms with van der Waals surface area (Å²) in [6.07, 6.45) is -1.09. The van der Waals surface area contributed by atoms with E-state index in [9.17, 15) is 27.6 Å². The van der Waals surface area contributed by atoms with Gasteiger partial charge in [-0.05, 0) is 48.2 Å². The van der Waals surface area contributed by atoms with Crippen LogP contribution in [-0.4, -0.2) is 72.0 Å². The van der Waals surface area contributed by atoms with Gasteiger partial charge in [0.15, 0.2) is 0 Å². The molecule has 0 saturated heterocycles. The minimum Gasteiger partial charge on any atom is -0.345 e. The smallest absolute Gasteiger partial charge is 0.345 e. The molecule has 0 aromatic heterocycles. The Kier molecular flexibility index (Phi) is 11.1. The Morgan fingerprint density at radius 1 is 0.837 bits per heavy atom. The van der Waals surface area contributed by atoms with Crippen molar-refractivity contribution in [3.05, 3.63) is 96.1 Å². The molecule has 3 aromatic rings. The highest BCUT2D eigenvalue weighted by molar-refractivity contribution is 5.95. The van der Waals surface area contributed by atoms with Crippen LogP contribution in [-0.2, 0) is 27.2 Å². The lowest BCUT2D eigenvalue weighted by molar-refractivity contribution is -0.149. The highest BCUT2D eigenvalue weighted by Crippen LogP contribution is 2.21. The van der Waals surface area contributed by atoms with Crippen LogP contribution in [0.5, 0.6) is 0 Å². The van der Waals surface area contributed by atoms with Crippen LogP contribution in [0.1, 0.15) is 31.4 Å². The number of benzene rings is 3. The predicted molar refractivity (Wildman–Crippen MR) is 162 cm³/mol. The van der Waals surface area contributed by atoms with E-state index in [1.807, 2.05) is 61.6 Å². The Labute approximate surface area is 250 Å². The predicted octanol–water partition coefficient (Wildman–Crippen LogP) is 4.64. The minimum atomic E-state index is -4.62. The molecule has 0 unspecified atom stereocenters. The maximum Gasteiger partial charge on any atom is 0.405 e. The molecule has 0 bridgehead atoms. The third kappa shape index (κ3) is 10.2. The molecule has 3 rings (SSSR count). The summed E-state index contributed by atoms with van der Waals surface area (Å²) in [4.78, 5) is 42.9. The molecule has 230 valence electrons. The van der Waals surface area contributed by atoms with Crippen LogP contribution in [0, 0.1) is 0 Å². The zero-order valence-corrected chi connectivity index (χ0v) is 24.9. The third-order valence-corrected chi connectivity index (χ3v) is 7.10. The highest BCUT2D eigenvalue weighted by atomic mass is 19.4. The molecule has 0 spiro atoms. The average Bonchev–Trinajstić information content (AvgIpc) is 2.95. The van der Waals surface area contributed by atoms with Gasteiger partial charge in [-0.3, -0.25) is 14.4 Å². The standard InChI is InChI=1S/C33H39F3N4O3/c1-32(2,37)18-10-15-29(41)39(3)28(21-24-16-17-25-13-8-9-14-26(25)19-24)31(43)40(4)27(20-23-11-6-5-7-12-23)30(42)38-22-33(34,35)36/h5-17,19,27-28H,18,20-22,37H2,1-4H3,(H,38,42)/b15-10+/t27-,28-/m1/s1.